The highest BCUT2D eigenvalue weighted by Gasteiger charge is 2.38. The summed E-state index contributed by atoms with van der Waals surface area (Å²) in [6.07, 6.45) is -8.00. The number of carboxylic acids is 2. The molecule has 0 saturated carbocycles. The van der Waals surface area contributed by atoms with Gasteiger partial charge in [0.1, 0.15) is 5.82 Å². The van der Waals surface area contributed by atoms with Crippen molar-refractivity contribution in [3.05, 3.63) is 35.1 Å². The van der Waals surface area contributed by atoms with Crippen molar-refractivity contribution in [1.82, 2.24) is 5.32 Å². The molecule has 0 spiro atoms. The van der Waals surface area contributed by atoms with E-state index in [-0.39, 0.29) is 12.0 Å². The van der Waals surface area contributed by atoms with E-state index in [4.69, 9.17) is 15.0 Å². The first kappa shape index (κ1) is 26.9. The molecule has 6 nitrogen and oxygen atoms in total. The smallest absolute Gasteiger partial charge is 0.481 e. The Bertz CT molecular complexity index is 702. The van der Waals surface area contributed by atoms with Gasteiger partial charge in [0.05, 0.1) is 12.0 Å². The number of carbonyl (C=O) groups is 3. The van der Waals surface area contributed by atoms with Crippen molar-refractivity contribution >= 4 is 39.4 Å². The number of rotatable bonds is 9. The van der Waals surface area contributed by atoms with Crippen LogP contribution in [0.2, 0.25) is 0 Å². The van der Waals surface area contributed by atoms with E-state index in [0.29, 0.717) is 18.1 Å². The molecule has 0 unspecified atom stereocenters. The van der Waals surface area contributed by atoms with Crippen molar-refractivity contribution < 1.29 is 50.9 Å². The summed E-state index contributed by atoms with van der Waals surface area (Å²) < 4.78 is 69.9. The van der Waals surface area contributed by atoms with E-state index in [0.717, 1.165) is 18.2 Å². The minimum Gasteiger partial charge on any atom is -0.481 e. The zero-order valence-corrected chi connectivity index (χ0v) is 16.0. The van der Waals surface area contributed by atoms with Gasteiger partial charge >= 0.3 is 18.1 Å². The number of carboxylic acid groups (broad SMARTS) is 2. The van der Waals surface area contributed by atoms with Crippen LogP contribution in [0, 0.1) is 5.82 Å². The molecule has 0 heterocycles. The molecule has 0 fully saturated rings. The summed E-state index contributed by atoms with van der Waals surface area (Å²) in [4.78, 5) is 30.9. The SMILES string of the molecule is O=C(O)C(F)(F)F.O=C(O)CCSSCCNC(=O)c1ccc(F)c(C(F)F)c1. The number of aliphatic carboxylic acids is 2. The van der Waals surface area contributed by atoms with Crippen LogP contribution in [0.15, 0.2) is 18.2 Å². The normalized spacial score (nSPS) is 10.9. The lowest BCUT2D eigenvalue weighted by atomic mass is 10.1. The Morgan fingerprint density at radius 3 is 2.10 bits per heavy atom. The molecule has 164 valence electrons. The van der Waals surface area contributed by atoms with Crippen LogP contribution in [0.3, 0.4) is 0 Å². The predicted molar refractivity (Wildman–Crippen MR) is 94.5 cm³/mol. The Kier molecular flexibility index (Phi) is 12.2. The van der Waals surface area contributed by atoms with E-state index in [1.54, 1.807) is 0 Å². The van der Waals surface area contributed by atoms with Crippen LogP contribution in [0.4, 0.5) is 26.3 Å². The molecule has 1 rings (SSSR count). The topological polar surface area (TPSA) is 104 Å². The Hall–Kier alpha value is -2.09. The van der Waals surface area contributed by atoms with Crippen LogP contribution >= 0.6 is 21.6 Å². The number of amides is 1. The second-order valence-electron chi connectivity index (χ2n) is 4.88. The highest BCUT2D eigenvalue weighted by atomic mass is 33.1. The molecule has 0 aliphatic heterocycles. The lowest BCUT2D eigenvalue weighted by Crippen LogP contribution is -2.25. The molecule has 0 radical (unpaired) electrons. The molecule has 0 bridgehead atoms. The van der Waals surface area contributed by atoms with E-state index in [1.165, 1.54) is 21.6 Å². The van der Waals surface area contributed by atoms with E-state index in [1.807, 2.05) is 0 Å². The molecule has 1 aromatic rings. The first-order chi connectivity index (χ1) is 13.4. The fourth-order valence-corrected chi connectivity index (χ4v) is 3.29. The van der Waals surface area contributed by atoms with Crippen molar-refractivity contribution in [3.63, 3.8) is 0 Å². The highest BCUT2D eigenvalue weighted by molar-refractivity contribution is 8.76. The van der Waals surface area contributed by atoms with Crippen molar-refractivity contribution in [2.24, 2.45) is 0 Å². The molecular weight excluding hydrogens is 452 g/mol. The van der Waals surface area contributed by atoms with Crippen LogP contribution in [-0.2, 0) is 9.59 Å². The Morgan fingerprint density at radius 1 is 1.07 bits per heavy atom. The molecular formula is C15H15F6NO5S2. The average Bonchev–Trinajstić information content (AvgIpc) is 2.60. The zero-order valence-electron chi connectivity index (χ0n) is 14.3. The molecule has 14 heteroatoms. The van der Waals surface area contributed by atoms with Gasteiger partial charge in [0.2, 0.25) is 0 Å². The first-order valence-corrected chi connectivity index (χ1v) is 9.97. The van der Waals surface area contributed by atoms with Gasteiger partial charge in [-0.05, 0) is 18.2 Å². The molecule has 1 aromatic carbocycles. The van der Waals surface area contributed by atoms with Gasteiger partial charge < -0.3 is 15.5 Å². The Balaban J connectivity index is 0.000000956. The third-order valence-electron chi connectivity index (χ3n) is 2.69. The lowest BCUT2D eigenvalue weighted by molar-refractivity contribution is -0.192. The van der Waals surface area contributed by atoms with Gasteiger partial charge in [-0.1, -0.05) is 21.6 Å². The fourth-order valence-electron chi connectivity index (χ4n) is 1.41. The third kappa shape index (κ3) is 12.2. The minimum atomic E-state index is -5.08. The van der Waals surface area contributed by atoms with Crippen molar-refractivity contribution in [3.8, 4) is 0 Å². The summed E-state index contributed by atoms with van der Waals surface area (Å²) in [6, 6.07) is 2.82. The lowest BCUT2D eigenvalue weighted by Gasteiger charge is -2.07. The van der Waals surface area contributed by atoms with Gasteiger partial charge in [-0.3, -0.25) is 9.59 Å². The molecule has 29 heavy (non-hydrogen) atoms. The number of hydrogen-bond donors (Lipinski definition) is 3. The third-order valence-corrected chi connectivity index (χ3v) is 5.10. The zero-order chi connectivity index (χ0) is 22.6. The summed E-state index contributed by atoms with van der Waals surface area (Å²) in [5, 5.41) is 18.1. The first-order valence-electron chi connectivity index (χ1n) is 7.48. The maximum absolute atomic E-state index is 13.1. The molecule has 0 aromatic heterocycles. The van der Waals surface area contributed by atoms with Gasteiger partial charge in [0.15, 0.2) is 0 Å². The quantitative estimate of drug-likeness (QED) is 0.287. The van der Waals surface area contributed by atoms with Gasteiger partial charge in [-0.25, -0.2) is 18.0 Å². The summed E-state index contributed by atoms with van der Waals surface area (Å²) >= 11 is 0. The summed E-state index contributed by atoms with van der Waals surface area (Å²) in [7, 11) is 2.77. The number of carbonyl (C=O) groups excluding carboxylic acids is 1. The largest absolute Gasteiger partial charge is 0.490 e. The monoisotopic (exact) mass is 467 g/mol. The van der Waals surface area contributed by atoms with Gasteiger partial charge in [-0.15, -0.1) is 0 Å². The van der Waals surface area contributed by atoms with Gasteiger partial charge in [-0.2, -0.15) is 13.2 Å². The standard InChI is InChI=1S/C13H14F3NO3S2.C2HF3O2/c14-10-2-1-8(7-9(10)12(15)16)13(20)17-4-6-22-21-5-3-11(18)19;3-2(4,5)1(6)7/h1-2,7,12H,3-6H2,(H,17,20)(H,18,19);(H,6,7). The molecule has 0 aliphatic carbocycles. The molecule has 0 atom stereocenters. The number of hydrogen-bond acceptors (Lipinski definition) is 5. The van der Waals surface area contributed by atoms with Crippen molar-refractivity contribution in [2.75, 3.05) is 18.1 Å². The van der Waals surface area contributed by atoms with Gasteiger partial charge in [0, 0.05) is 23.6 Å². The Morgan fingerprint density at radius 2 is 1.62 bits per heavy atom. The summed E-state index contributed by atoms with van der Waals surface area (Å²) in [5.41, 5.74) is -0.827. The second-order valence-corrected chi connectivity index (χ2v) is 7.59. The fraction of sp³-hybridized carbons (Fsp3) is 0.400. The van der Waals surface area contributed by atoms with Crippen LogP contribution < -0.4 is 5.32 Å². The molecule has 0 saturated heterocycles. The number of alkyl halides is 5. The summed E-state index contributed by atoms with van der Waals surface area (Å²) in [5.74, 6) is -4.22. The number of halogens is 6. The number of benzene rings is 1. The van der Waals surface area contributed by atoms with E-state index >= 15 is 0 Å². The minimum absolute atomic E-state index is 0.0276. The van der Waals surface area contributed by atoms with Crippen LogP contribution in [-0.4, -0.2) is 52.3 Å². The van der Waals surface area contributed by atoms with E-state index < -0.39 is 41.8 Å². The number of nitrogens with one attached hydrogen (secondary N) is 1. The predicted octanol–water partition coefficient (Wildman–Crippen LogP) is 3.98. The van der Waals surface area contributed by atoms with Crippen LogP contribution in [0.1, 0.15) is 28.8 Å². The Labute approximate surface area is 168 Å². The summed E-state index contributed by atoms with van der Waals surface area (Å²) in [6.45, 7) is 0.297. The molecule has 3 N–H and O–H groups in total. The molecule has 0 aliphatic rings. The van der Waals surface area contributed by atoms with Crippen molar-refractivity contribution in [2.45, 2.75) is 19.0 Å². The van der Waals surface area contributed by atoms with Gasteiger partial charge in [0.25, 0.3) is 12.3 Å². The second kappa shape index (κ2) is 13.2. The maximum Gasteiger partial charge on any atom is 0.490 e. The average molecular weight is 467 g/mol. The maximum atomic E-state index is 13.1. The van der Waals surface area contributed by atoms with E-state index in [9.17, 15) is 35.9 Å². The van der Waals surface area contributed by atoms with E-state index in [2.05, 4.69) is 5.32 Å². The van der Waals surface area contributed by atoms with Crippen LogP contribution in [0.5, 0.6) is 0 Å². The van der Waals surface area contributed by atoms with Crippen molar-refractivity contribution in [1.29, 1.82) is 0 Å². The highest BCUT2D eigenvalue weighted by Crippen LogP contribution is 2.23. The molecule has 1 amide bonds. The van der Waals surface area contributed by atoms with Crippen LogP contribution in [0.25, 0.3) is 0 Å².